The van der Waals surface area contributed by atoms with Crippen molar-refractivity contribution in [3.8, 4) is 0 Å². The molecule has 0 saturated carbocycles. The fraction of sp³-hybridized carbons (Fsp3) is 0.933. The Morgan fingerprint density at radius 3 is 1.09 bits per heavy atom. The molecule has 8 unspecified atom stereocenters. The van der Waals surface area contributed by atoms with Gasteiger partial charge in [-0.1, -0.05) is 20.8 Å². The topological polar surface area (TPSA) is 112 Å². The van der Waals surface area contributed by atoms with Crippen LogP contribution in [0.2, 0.25) is 0 Å². The van der Waals surface area contributed by atoms with Gasteiger partial charge in [0.05, 0.1) is 0 Å². The van der Waals surface area contributed by atoms with Gasteiger partial charge in [0.2, 0.25) is 11.7 Å². The Labute approximate surface area is 339 Å². The van der Waals surface area contributed by atoms with E-state index in [-0.39, 0.29) is 20.8 Å². The smallest absolute Gasteiger partial charge is 0.417 e. The number of esters is 2. The second kappa shape index (κ2) is 15.8. The van der Waals surface area contributed by atoms with Gasteiger partial charge < -0.3 is 29.2 Å². The fourth-order valence-electron chi connectivity index (χ4n) is 5.56. The molecule has 2 saturated heterocycles. The highest BCUT2D eigenvalue weighted by atomic mass is 19.4. The van der Waals surface area contributed by atoms with E-state index in [0.717, 1.165) is 0 Å². The van der Waals surface area contributed by atoms with E-state index in [0.29, 0.717) is 13.8 Å². The van der Waals surface area contributed by atoms with E-state index in [4.69, 9.17) is 0 Å². The standard InChI is InChI=1S/C16H17F13O4.C14H13F13O4/c1-5-8(3,14(21,22)23)7(30)32-13(16(27,28)29)12(19,20)9(4,31)11(17,18)10(6-2,33-13)15(24,25)26;1-4-7(2,13(22,23)24)6(28)31-12(14(25,26)27)11(20,21)8(3,29)9(15,16)5(30-12)10(17,18)19/h31H,5-6H2,1-4H3;5,29H,4H2,1-3H3. The van der Waals surface area contributed by atoms with Gasteiger partial charge in [-0.2, -0.15) is 114 Å². The lowest BCUT2D eigenvalue weighted by Crippen LogP contribution is -2.87. The second-order valence-corrected chi connectivity index (χ2v) is 14.7. The molecule has 64 heavy (non-hydrogen) atoms. The number of halogens is 26. The van der Waals surface area contributed by atoms with Crippen molar-refractivity contribution in [2.45, 2.75) is 163 Å². The van der Waals surface area contributed by atoms with Gasteiger partial charge in [0.25, 0.3) is 0 Å². The monoisotopic (exact) mass is 1010 g/mol. The lowest BCUT2D eigenvalue weighted by atomic mass is 9.71. The molecule has 8 atom stereocenters. The molecule has 0 bridgehead atoms. The van der Waals surface area contributed by atoms with Gasteiger partial charge in [0, 0.05) is 0 Å². The third-order valence-corrected chi connectivity index (χ3v) is 10.8. The lowest BCUT2D eigenvalue weighted by molar-refractivity contribution is -0.556. The minimum Gasteiger partial charge on any atom is -0.417 e. The molecule has 2 aliphatic rings. The van der Waals surface area contributed by atoms with Crippen LogP contribution in [0.5, 0.6) is 0 Å². The van der Waals surface area contributed by atoms with Gasteiger partial charge in [-0.3, -0.25) is 9.59 Å². The molecule has 34 heteroatoms. The summed E-state index contributed by atoms with van der Waals surface area (Å²) in [6.45, 7) is -0.703. The molecule has 0 radical (unpaired) electrons. The average Bonchev–Trinajstić information content (AvgIpc) is 3.05. The van der Waals surface area contributed by atoms with Crippen LogP contribution in [-0.4, -0.2) is 117 Å². The van der Waals surface area contributed by atoms with Crippen LogP contribution in [0, 0.1) is 10.8 Å². The molecular formula is C30H30F26O8. The summed E-state index contributed by atoms with van der Waals surface area (Å²) in [7, 11) is 0. The summed E-state index contributed by atoms with van der Waals surface area (Å²) in [6.07, 6.45) is -49.2. The maximum Gasteiger partial charge on any atom is 0.462 e. The predicted molar refractivity (Wildman–Crippen MR) is 151 cm³/mol. The Hall–Kier alpha value is -3.04. The number of rotatable bonds is 7. The molecule has 0 aromatic rings. The first-order valence-electron chi connectivity index (χ1n) is 16.7. The number of carbonyl (C=O) groups is 2. The van der Waals surface area contributed by atoms with Crippen LogP contribution in [0.25, 0.3) is 0 Å². The van der Waals surface area contributed by atoms with Crippen LogP contribution in [-0.2, 0) is 28.5 Å². The highest BCUT2D eigenvalue weighted by molar-refractivity contribution is 5.78. The Balaban J connectivity index is 0.000000641. The first-order chi connectivity index (χ1) is 27.5. The molecular weight excluding hydrogens is 982 g/mol. The number of aliphatic hydroxyl groups is 2. The molecule has 0 aliphatic carbocycles. The van der Waals surface area contributed by atoms with E-state index in [1.807, 2.05) is 0 Å². The number of ether oxygens (including phenoxy) is 4. The van der Waals surface area contributed by atoms with Crippen LogP contribution >= 0.6 is 0 Å². The summed E-state index contributed by atoms with van der Waals surface area (Å²) in [5.74, 6) is -44.8. The molecule has 380 valence electrons. The molecule has 0 spiro atoms. The molecule has 0 amide bonds. The Morgan fingerprint density at radius 2 is 0.844 bits per heavy atom. The third-order valence-electron chi connectivity index (χ3n) is 10.8. The molecule has 0 aromatic heterocycles. The minimum atomic E-state index is -7.06. The van der Waals surface area contributed by atoms with Crippen molar-refractivity contribution in [3.63, 3.8) is 0 Å². The SMILES string of the molecule is CCC(C)(C(=O)OC1(C(F)(F)F)OC(C(F)(F)F)C(F)(F)C(C)(O)C1(F)F)C(F)(F)F.CCC(C)(C(=O)OC1(C(F)(F)F)OC(CC)(C(F)(F)F)C(F)(F)C(C)(O)C1(F)F)C(F)(F)F. The predicted octanol–water partition coefficient (Wildman–Crippen LogP) is 10.3. The summed E-state index contributed by atoms with van der Waals surface area (Å²) >= 11 is 0. The average molecular weight is 1010 g/mol. The van der Waals surface area contributed by atoms with E-state index in [9.17, 15) is 134 Å². The van der Waals surface area contributed by atoms with Crippen molar-refractivity contribution in [1.29, 1.82) is 0 Å². The zero-order chi connectivity index (χ0) is 52.2. The van der Waals surface area contributed by atoms with Crippen LogP contribution in [0.3, 0.4) is 0 Å². The summed E-state index contributed by atoms with van der Waals surface area (Å²) in [4.78, 5) is 23.9. The van der Waals surface area contributed by atoms with Gasteiger partial charge in [-0.15, -0.1) is 0 Å². The van der Waals surface area contributed by atoms with Crippen molar-refractivity contribution in [2.75, 3.05) is 0 Å². The minimum absolute atomic E-state index is 0.121. The van der Waals surface area contributed by atoms with E-state index in [2.05, 4.69) is 18.9 Å². The van der Waals surface area contributed by atoms with E-state index >= 15 is 0 Å². The lowest BCUT2D eigenvalue weighted by Gasteiger charge is -2.59. The molecule has 2 rings (SSSR count). The van der Waals surface area contributed by atoms with E-state index in [1.54, 1.807) is 0 Å². The normalized spacial score (nSPS) is 34.0. The van der Waals surface area contributed by atoms with E-state index < -0.39 is 151 Å². The molecule has 0 aromatic carbocycles. The Kier molecular flexibility index (Phi) is 14.5. The summed E-state index contributed by atoms with van der Waals surface area (Å²) in [5, 5.41) is 19.1. The zero-order valence-electron chi connectivity index (χ0n) is 32.4. The molecule has 8 nitrogen and oxygen atoms in total. The number of hydrogen-bond acceptors (Lipinski definition) is 8. The van der Waals surface area contributed by atoms with Gasteiger partial charge in [0.1, 0.15) is 0 Å². The van der Waals surface area contributed by atoms with Crippen molar-refractivity contribution in [1.82, 2.24) is 0 Å². The molecule has 2 heterocycles. The second-order valence-electron chi connectivity index (χ2n) is 14.7. The fourth-order valence-corrected chi connectivity index (χ4v) is 5.56. The van der Waals surface area contributed by atoms with Crippen molar-refractivity contribution in [2.24, 2.45) is 10.8 Å². The maximum atomic E-state index is 14.8. The van der Waals surface area contributed by atoms with E-state index in [1.165, 1.54) is 0 Å². The number of carbonyl (C=O) groups excluding carboxylic acids is 2. The Bertz CT molecular complexity index is 1730. The van der Waals surface area contributed by atoms with Crippen LogP contribution in [0.1, 0.15) is 67.7 Å². The molecule has 2 aliphatic heterocycles. The van der Waals surface area contributed by atoms with Crippen molar-refractivity contribution < 1.29 is 153 Å². The van der Waals surface area contributed by atoms with Crippen molar-refractivity contribution in [3.05, 3.63) is 0 Å². The van der Waals surface area contributed by atoms with Gasteiger partial charge in [0.15, 0.2) is 22.0 Å². The first-order valence-corrected chi connectivity index (χ1v) is 16.7. The largest absolute Gasteiger partial charge is 0.462 e. The third kappa shape index (κ3) is 7.84. The maximum absolute atomic E-state index is 14.8. The summed E-state index contributed by atoms with van der Waals surface area (Å²) in [5.41, 5.74) is -24.7. The number of hydrogen-bond donors (Lipinski definition) is 2. The van der Waals surface area contributed by atoms with Crippen LogP contribution in [0.15, 0.2) is 0 Å². The highest BCUT2D eigenvalue weighted by Gasteiger charge is 2.96. The molecule has 2 fully saturated rings. The first kappa shape index (κ1) is 59.0. The summed E-state index contributed by atoms with van der Waals surface area (Å²) in [6, 6.07) is 0. The highest BCUT2D eigenvalue weighted by Crippen LogP contribution is 2.68. The van der Waals surface area contributed by atoms with Crippen LogP contribution < -0.4 is 0 Å². The zero-order valence-corrected chi connectivity index (χ0v) is 32.4. The van der Waals surface area contributed by atoms with Gasteiger partial charge >= 0.3 is 84.3 Å². The van der Waals surface area contributed by atoms with Crippen molar-refractivity contribution >= 4 is 11.9 Å². The van der Waals surface area contributed by atoms with Crippen LogP contribution in [0.4, 0.5) is 114 Å². The van der Waals surface area contributed by atoms with Gasteiger partial charge in [-0.05, 0) is 47.0 Å². The quantitative estimate of drug-likeness (QED) is 0.192. The number of alkyl halides is 26. The van der Waals surface area contributed by atoms with Gasteiger partial charge in [-0.25, -0.2) is 0 Å². The summed E-state index contributed by atoms with van der Waals surface area (Å²) < 4.78 is 369. The molecule has 2 N–H and O–H groups in total. The Morgan fingerprint density at radius 1 is 0.531 bits per heavy atom.